The Bertz CT molecular complexity index is 816. The van der Waals surface area contributed by atoms with Gasteiger partial charge in [0.15, 0.2) is 23.0 Å². The van der Waals surface area contributed by atoms with Gasteiger partial charge in [0.1, 0.15) is 5.75 Å². The Balaban J connectivity index is 1.88. The first kappa shape index (κ1) is 16.9. The zero-order chi connectivity index (χ0) is 18.3. The van der Waals surface area contributed by atoms with E-state index in [9.17, 15) is 0 Å². The van der Waals surface area contributed by atoms with Crippen molar-refractivity contribution >= 4 is 0 Å². The summed E-state index contributed by atoms with van der Waals surface area (Å²) in [6, 6.07) is 10.0. The summed E-state index contributed by atoms with van der Waals surface area (Å²) in [7, 11) is 1.69. The smallest absolute Gasteiger partial charge is 0.231 e. The quantitative estimate of drug-likeness (QED) is 0.814. The van der Waals surface area contributed by atoms with Crippen molar-refractivity contribution in [2.75, 3.05) is 20.5 Å². The maximum atomic E-state index is 6.16. The van der Waals surface area contributed by atoms with Crippen LogP contribution in [-0.4, -0.2) is 26.6 Å². The summed E-state index contributed by atoms with van der Waals surface area (Å²) in [6.07, 6.45) is 0.0633. The van der Waals surface area contributed by atoms with E-state index in [0.29, 0.717) is 6.61 Å². The molecule has 2 aliphatic rings. The van der Waals surface area contributed by atoms with E-state index in [1.165, 1.54) is 0 Å². The molecule has 2 heterocycles. The molecule has 0 fully saturated rings. The first-order valence-corrected chi connectivity index (χ1v) is 9.04. The van der Waals surface area contributed by atoms with Crippen LogP contribution in [0, 0.1) is 5.92 Å². The van der Waals surface area contributed by atoms with E-state index in [2.05, 4.69) is 19.9 Å². The first-order valence-electron chi connectivity index (χ1n) is 9.04. The van der Waals surface area contributed by atoms with Crippen molar-refractivity contribution in [2.45, 2.75) is 32.8 Å². The van der Waals surface area contributed by atoms with E-state index in [4.69, 9.17) is 23.7 Å². The van der Waals surface area contributed by atoms with Crippen LogP contribution < -0.4 is 23.7 Å². The standard InChI is InChI=1S/C21H24O5/c1-5-23-16-8-6-7-14(21(16)22-4)20-12(2)13(3)26-17-10-19-18(9-15(17)20)24-11-25-19/h6-10,12-13,20H,5,11H2,1-4H3. The van der Waals surface area contributed by atoms with E-state index in [-0.39, 0.29) is 24.7 Å². The summed E-state index contributed by atoms with van der Waals surface area (Å²) in [5, 5.41) is 0. The minimum absolute atomic E-state index is 0.0633. The van der Waals surface area contributed by atoms with E-state index in [1.54, 1.807) is 7.11 Å². The largest absolute Gasteiger partial charge is 0.493 e. The van der Waals surface area contributed by atoms with Crippen LogP contribution in [0.1, 0.15) is 37.8 Å². The maximum Gasteiger partial charge on any atom is 0.231 e. The van der Waals surface area contributed by atoms with Gasteiger partial charge in [-0.05, 0) is 26.0 Å². The highest BCUT2D eigenvalue weighted by atomic mass is 16.7. The predicted octanol–water partition coefficient (Wildman–Crippen LogP) is 4.37. The van der Waals surface area contributed by atoms with Crippen molar-refractivity contribution in [1.82, 2.24) is 0 Å². The average Bonchev–Trinajstić information content (AvgIpc) is 3.09. The molecule has 0 bridgehead atoms. The molecule has 0 amide bonds. The van der Waals surface area contributed by atoms with E-state index in [1.807, 2.05) is 31.2 Å². The molecule has 0 spiro atoms. The van der Waals surface area contributed by atoms with Gasteiger partial charge >= 0.3 is 0 Å². The molecule has 0 N–H and O–H groups in total. The zero-order valence-corrected chi connectivity index (χ0v) is 15.6. The summed E-state index contributed by atoms with van der Waals surface area (Å²) >= 11 is 0. The highest BCUT2D eigenvalue weighted by Gasteiger charge is 2.38. The molecule has 2 aliphatic heterocycles. The number of ether oxygens (including phenoxy) is 5. The van der Waals surface area contributed by atoms with Crippen LogP contribution in [0.15, 0.2) is 30.3 Å². The van der Waals surface area contributed by atoms with Gasteiger partial charge in [-0.3, -0.25) is 0 Å². The Morgan fingerprint density at radius 2 is 1.81 bits per heavy atom. The second kappa shape index (κ2) is 6.63. The van der Waals surface area contributed by atoms with Crippen molar-refractivity contribution in [3.63, 3.8) is 0 Å². The monoisotopic (exact) mass is 356 g/mol. The Labute approximate surface area is 153 Å². The fourth-order valence-electron chi connectivity index (χ4n) is 3.86. The van der Waals surface area contributed by atoms with Crippen molar-refractivity contribution in [1.29, 1.82) is 0 Å². The van der Waals surface area contributed by atoms with Crippen LogP contribution in [-0.2, 0) is 0 Å². The van der Waals surface area contributed by atoms with Gasteiger partial charge in [-0.25, -0.2) is 0 Å². The lowest BCUT2D eigenvalue weighted by Crippen LogP contribution is -2.32. The van der Waals surface area contributed by atoms with Crippen molar-refractivity contribution in [3.8, 4) is 28.7 Å². The fraction of sp³-hybridized carbons (Fsp3) is 0.429. The third-order valence-corrected chi connectivity index (χ3v) is 5.27. The second-order valence-corrected chi connectivity index (χ2v) is 6.71. The number of methoxy groups -OCH3 is 1. The lowest BCUT2D eigenvalue weighted by atomic mass is 9.76. The molecule has 0 aliphatic carbocycles. The molecule has 0 radical (unpaired) electrons. The molecule has 4 rings (SSSR count). The van der Waals surface area contributed by atoms with Gasteiger partial charge in [0.25, 0.3) is 0 Å². The number of fused-ring (bicyclic) bond motifs is 2. The summed E-state index contributed by atoms with van der Waals surface area (Å²) in [4.78, 5) is 0. The first-order chi connectivity index (χ1) is 12.6. The van der Waals surface area contributed by atoms with E-state index >= 15 is 0 Å². The van der Waals surface area contributed by atoms with Crippen molar-refractivity contribution in [3.05, 3.63) is 41.5 Å². The Morgan fingerprint density at radius 1 is 1.04 bits per heavy atom. The summed E-state index contributed by atoms with van der Waals surface area (Å²) < 4.78 is 28.8. The van der Waals surface area contributed by atoms with Crippen LogP contribution in [0.5, 0.6) is 28.7 Å². The van der Waals surface area contributed by atoms with E-state index in [0.717, 1.165) is 39.9 Å². The van der Waals surface area contributed by atoms with Crippen LogP contribution in [0.4, 0.5) is 0 Å². The number of rotatable bonds is 4. The third kappa shape index (κ3) is 2.62. The summed E-state index contributed by atoms with van der Waals surface area (Å²) in [5.41, 5.74) is 2.19. The molecule has 5 heteroatoms. The lowest BCUT2D eigenvalue weighted by Gasteiger charge is -2.37. The van der Waals surface area contributed by atoms with Crippen molar-refractivity contribution in [2.24, 2.45) is 5.92 Å². The molecule has 2 aromatic rings. The number of hydrogen-bond donors (Lipinski definition) is 0. The highest BCUT2D eigenvalue weighted by Crippen LogP contribution is 2.51. The van der Waals surface area contributed by atoms with Gasteiger partial charge < -0.3 is 23.7 Å². The molecule has 26 heavy (non-hydrogen) atoms. The molecule has 138 valence electrons. The fourth-order valence-corrected chi connectivity index (χ4v) is 3.86. The lowest BCUT2D eigenvalue weighted by molar-refractivity contribution is 0.126. The van der Waals surface area contributed by atoms with Crippen LogP contribution >= 0.6 is 0 Å². The Morgan fingerprint density at radius 3 is 2.54 bits per heavy atom. The molecule has 0 saturated heterocycles. The minimum Gasteiger partial charge on any atom is -0.493 e. The molecule has 0 aromatic heterocycles. The van der Waals surface area contributed by atoms with Gasteiger partial charge in [-0.2, -0.15) is 0 Å². The number of para-hydroxylation sites is 1. The van der Waals surface area contributed by atoms with Crippen LogP contribution in [0.2, 0.25) is 0 Å². The van der Waals surface area contributed by atoms with Gasteiger partial charge in [-0.15, -0.1) is 0 Å². The summed E-state index contributed by atoms with van der Waals surface area (Å²) in [6.45, 7) is 7.12. The average molecular weight is 356 g/mol. The topological polar surface area (TPSA) is 46.2 Å². The van der Waals surface area contributed by atoms with Crippen molar-refractivity contribution < 1.29 is 23.7 Å². The maximum absolute atomic E-state index is 6.16. The summed E-state index contributed by atoms with van der Waals surface area (Å²) in [5.74, 6) is 4.25. The predicted molar refractivity (Wildman–Crippen MR) is 97.8 cm³/mol. The molecule has 3 atom stereocenters. The van der Waals surface area contributed by atoms with Crippen LogP contribution in [0.25, 0.3) is 0 Å². The highest BCUT2D eigenvalue weighted by molar-refractivity contribution is 5.59. The molecule has 3 unspecified atom stereocenters. The second-order valence-electron chi connectivity index (χ2n) is 6.71. The van der Waals surface area contributed by atoms with Gasteiger partial charge in [0.2, 0.25) is 6.79 Å². The SMILES string of the molecule is CCOc1cccc(C2c3cc4c(cc3OC(C)C2C)OCO4)c1OC. The molecule has 5 nitrogen and oxygen atoms in total. The molecular weight excluding hydrogens is 332 g/mol. The number of benzene rings is 2. The molecule has 0 saturated carbocycles. The van der Waals surface area contributed by atoms with Crippen LogP contribution in [0.3, 0.4) is 0 Å². The number of hydrogen-bond acceptors (Lipinski definition) is 5. The Hall–Kier alpha value is -2.56. The van der Waals surface area contributed by atoms with Gasteiger partial charge in [0, 0.05) is 29.0 Å². The zero-order valence-electron chi connectivity index (χ0n) is 15.6. The van der Waals surface area contributed by atoms with Gasteiger partial charge in [-0.1, -0.05) is 19.1 Å². The van der Waals surface area contributed by atoms with E-state index < -0.39 is 0 Å². The molecular formula is C21H24O5. The third-order valence-electron chi connectivity index (χ3n) is 5.27. The Kier molecular flexibility index (Phi) is 4.31. The normalized spacial score (nSPS) is 23.2. The minimum atomic E-state index is 0.0633. The van der Waals surface area contributed by atoms with Gasteiger partial charge in [0.05, 0.1) is 19.8 Å². The molecule has 2 aromatic carbocycles.